The molecule has 1 aliphatic heterocycles. The van der Waals surface area contributed by atoms with Gasteiger partial charge in [-0.05, 0) is 63.2 Å². The topological polar surface area (TPSA) is 44.6 Å². The van der Waals surface area contributed by atoms with Crippen molar-refractivity contribution in [1.82, 2.24) is 19.6 Å². The van der Waals surface area contributed by atoms with Crippen LogP contribution in [0.3, 0.4) is 0 Å². The number of anilines is 1. The Balaban J connectivity index is 1.74. The second-order valence-electron chi connectivity index (χ2n) is 9.25. The molecule has 1 atom stereocenters. The van der Waals surface area contributed by atoms with E-state index in [1.165, 1.54) is 0 Å². The number of halogens is 1. The van der Waals surface area contributed by atoms with Crippen LogP contribution in [0.25, 0.3) is 5.69 Å². The minimum Gasteiger partial charge on any atom is -0.354 e. The van der Waals surface area contributed by atoms with Crippen molar-refractivity contribution < 1.29 is 4.79 Å². The van der Waals surface area contributed by atoms with Crippen molar-refractivity contribution >= 4 is 23.3 Å². The maximum Gasteiger partial charge on any atom is 0.254 e. The van der Waals surface area contributed by atoms with Crippen molar-refractivity contribution in [2.75, 3.05) is 37.6 Å². The Morgan fingerprint density at radius 1 is 1.03 bits per heavy atom. The number of hydrogen-bond acceptors (Lipinski definition) is 4. The molecule has 4 rings (SSSR count). The van der Waals surface area contributed by atoms with E-state index in [4.69, 9.17) is 16.7 Å². The molecule has 1 fully saturated rings. The normalized spacial score (nSPS) is 15.3. The third-order valence-corrected chi connectivity index (χ3v) is 7.33. The third-order valence-electron chi connectivity index (χ3n) is 7.08. The van der Waals surface area contributed by atoms with Gasteiger partial charge in [-0.25, -0.2) is 4.68 Å². The predicted molar refractivity (Wildman–Crippen MR) is 144 cm³/mol. The van der Waals surface area contributed by atoms with Crippen molar-refractivity contribution in [2.24, 2.45) is 0 Å². The molecule has 2 heterocycles. The van der Waals surface area contributed by atoms with E-state index in [9.17, 15) is 4.79 Å². The van der Waals surface area contributed by atoms with Crippen LogP contribution in [0.2, 0.25) is 5.02 Å². The van der Waals surface area contributed by atoms with Crippen molar-refractivity contribution in [2.45, 2.75) is 46.7 Å². The number of piperazine rings is 1. The number of aryl methyl sites for hydroxylation is 1. The Hall–Kier alpha value is -2.83. The Kier molecular flexibility index (Phi) is 8.14. The highest BCUT2D eigenvalue weighted by Gasteiger charge is 2.29. The fourth-order valence-electron chi connectivity index (χ4n) is 4.66. The summed E-state index contributed by atoms with van der Waals surface area (Å²) in [7, 11) is 0. The van der Waals surface area contributed by atoms with Gasteiger partial charge in [-0.3, -0.25) is 4.79 Å². The van der Waals surface area contributed by atoms with Gasteiger partial charge in [-0.2, -0.15) is 5.10 Å². The van der Waals surface area contributed by atoms with Crippen LogP contribution < -0.4 is 4.90 Å². The Morgan fingerprint density at radius 2 is 1.69 bits per heavy atom. The average Bonchev–Trinajstić information content (AvgIpc) is 3.23. The Bertz CT molecular complexity index is 1120. The summed E-state index contributed by atoms with van der Waals surface area (Å²) < 4.78 is 2.06. The fourth-order valence-corrected chi connectivity index (χ4v) is 4.79. The molecule has 0 saturated carbocycles. The summed E-state index contributed by atoms with van der Waals surface area (Å²) in [6.45, 7) is 14.0. The summed E-state index contributed by atoms with van der Waals surface area (Å²) in [4.78, 5) is 20.5. The number of carbonyl (C=O) groups excluding carboxylic acids is 1. The van der Waals surface area contributed by atoms with Crippen LogP contribution in [-0.4, -0.2) is 64.3 Å². The smallest absolute Gasteiger partial charge is 0.254 e. The number of hydrogen-bond donors (Lipinski definition) is 0. The van der Waals surface area contributed by atoms with Crippen LogP contribution in [0.15, 0.2) is 54.6 Å². The zero-order chi connectivity index (χ0) is 24.9. The highest BCUT2D eigenvalue weighted by atomic mass is 35.5. The standard InChI is InChI=1S/C28H36ClN5O/c1-5-21(3)33(28(35)23-12-14-24(29)15-13-23)20-26-22(4)30-34(25-10-8-7-9-11-25)27(26)32-18-16-31(6-2)17-19-32/h7-15,21H,5-6,16-20H2,1-4H3. The third kappa shape index (κ3) is 5.54. The number of nitrogens with zero attached hydrogens (tertiary/aromatic N) is 5. The molecule has 1 aromatic heterocycles. The molecule has 3 aromatic rings. The van der Waals surface area contributed by atoms with Gasteiger partial charge in [0.2, 0.25) is 0 Å². The molecule has 2 aromatic carbocycles. The maximum absolute atomic E-state index is 13.7. The largest absolute Gasteiger partial charge is 0.354 e. The highest BCUT2D eigenvalue weighted by Crippen LogP contribution is 2.31. The van der Waals surface area contributed by atoms with Crippen molar-refractivity contribution in [1.29, 1.82) is 0 Å². The first-order chi connectivity index (χ1) is 16.9. The van der Waals surface area contributed by atoms with Crippen LogP contribution >= 0.6 is 11.6 Å². The molecule has 6 nitrogen and oxygen atoms in total. The monoisotopic (exact) mass is 493 g/mol. The van der Waals surface area contributed by atoms with E-state index in [1.807, 2.05) is 35.2 Å². The van der Waals surface area contributed by atoms with E-state index in [0.717, 1.165) is 61.9 Å². The van der Waals surface area contributed by atoms with E-state index in [2.05, 4.69) is 54.3 Å². The lowest BCUT2D eigenvalue weighted by atomic mass is 10.1. The molecular weight excluding hydrogens is 458 g/mol. The predicted octanol–water partition coefficient (Wildman–Crippen LogP) is 5.42. The van der Waals surface area contributed by atoms with E-state index < -0.39 is 0 Å². The molecule has 186 valence electrons. The van der Waals surface area contributed by atoms with Crippen LogP contribution in [-0.2, 0) is 6.54 Å². The van der Waals surface area contributed by atoms with Crippen LogP contribution in [0, 0.1) is 6.92 Å². The number of para-hydroxylation sites is 1. The summed E-state index contributed by atoms with van der Waals surface area (Å²) in [5, 5.41) is 5.61. The van der Waals surface area contributed by atoms with Gasteiger partial charge in [-0.1, -0.05) is 43.6 Å². The molecule has 1 aliphatic rings. The van der Waals surface area contributed by atoms with Gasteiger partial charge in [0.25, 0.3) is 5.91 Å². The Morgan fingerprint density at radius 3 is 2.29 bits per heavy atom. The van der Waals surface area contributed by atoms with Crippen LogP contribution in [0.5, 0.6) is 0 Å². The van der Waals surface area contributed by atoms with E-state index in [1.54, 1.807) is 12.1 Å². The molecule has 1 saturated heterocycles. The second kappa shape index (κ2) is 11.3. The van der Waals surface area contributed by atoms with Crippen LogP contribution in [0.4, 0.5) is 5.82 Å². The molecule has 1 unspecified atom stereocenters. The Labute approximate surface area is 214 Å². The van der Waals surface area contributed by atoms with Gasteiger partial charge in [0, 0.05) is 48.4 Å². The summed E-state index contributed by atoms with van der Waals surface area (Å²) in [6.07, 6.45) is 0.871. The van der Waals surface area contributed by atoms with Gasteiger partial charge >= 0.3 is 0 Å². The lowest BCUT2D eigenvalue weighted by Gasteiger charge is -2.37. The van der Waals surface area contributed by atoms with E-state index >= 15 is 0 Å². The average molecular weight is 494 g/mol. The number of amides is 1. The zero-order valence-electron chi connectivity index (χ0n) is 21.2. The molecule has 0 bridgehead atoms. The first-order valence-corrected chi connectivity index (χ1v) is 13.0. The van der Waals surface area contributed by atoms with Gasteiger partial charge in [0.1, 0.15) is 5.82 Å². The van der Waals surface area contributed by atoms with Gasteiger partial charge in [-0.15, -0.1) is 0 Å². The molecule has 7 heteroatoms. The molecule has 0 N–H and O–H groups in total. The first kappa shape index (κ1) is 25.3. The summed E-state index contributed by atoms with van der Waals surface area (Å²) in [6, 6.07) is 17.6. The van der Waals surface area contributed by atoms with Crippen LogP contribution in [0.1, 0.15) is 48.8 Å². The molecular formula is C28H36ClN5O. The first-order valence-electron chi connectivity index (χ1n) is 12.6. The minimum atomic E-state index is 0.0182. The summed E-state index contributed by atoms with van der Waals surface area (Å²) >= 11 is 6.08. The van der Waals surface area contributed by atoms with Gasteiger partial charge in [0.05, 0.1) is 17.9 Å². The number of carbonyl (C=O) groups is 1. The van der Waals surface area contributed by atoms with Crippen molar-refractivity contribution in [3.05, 3.63) is 76.4 Å². The quantitative estimate of drug-likeness (QED) is 0.420. The minimum absolute atomic E-state index is 0.0182. The number of aromatic nitrogens is 2. The summed E-state index contributed by atoms with van der Waals surface area (Å²) in [5.41, 5.74) is 3.76. The number of likely N-dealkylation sites (N-methyl/N-ethyl adjacent to an activating group) is 1. The van der Waals surface area contributed by atoms with E-state index in [-0.39, 0.29) is 11.9 Å². The van der Waals surface area contributed by atoms with Gasteiger partial charge < -0.3 is 14.7 Å². The lowest BCUT2D eigenvalue weighted by Crippen LogP contribution is -2.47. The number of benzene rings is 2. The molecule has 35 heavy (non-hydrogen) atoms. The van der Waals surface area contributed by atoms with Gasteiger partial charge in [0.15, 0.2) is 0 Å². The van der Waals surface area contributed by atoms with Crippen molar-refractivity contribution in [3.8, 4) is 5.69 Å². The SMILES string of the molecule is CCC(C)N(Cc1c(C)nn(-c2ccccc2)c1N1CCN(CC)CC1)C(=O)c1ccc(Cl)cc1. The zero-order valence-corrected chi connectivity index (χ0v) is 22.0. The maximum atomic E-state index is 13.7. The van der Waals surface area contributed by atoms with E-state index in [0.29, 0.717) is 17.1 Å². The molecule has 1 amide bonds. The molecule has 0 radical (unpaired) electrons. The molecule has 0 aliphatic carbocycles. The summed E-state index contributed by atoms with van der Waals surface area (Å²) in [5.74, 6) is 1.12. The highest BCUT2D eigenvalue weighted by molar-refractivity contribution is 6.30. The lowest BCUT2D eigenvalue weighted by molar-refractivity contribution is 0.0671. The fraction of sp³-hybridized carbons (Fsp3) is 0.429. The van der Waals surface area contributed by atoms with Crippen molar-refractivity contribution in [3.63, 3.8) is 0 Å². The number of rotatable bonds is 8. The second-order valence-corrected chi connectivity index (χ2v) is 9.69. The molecule has 0 spiro atoms.